The Balaban J connectivity index is 1.56. The Morgan fingerprint density at radius 3 is 2.73 bits per heavy atom. The zero-order chi connectivity index (χ0) is 21.3. The van der Waals surface area contributed by atoms with Gasteiger partial charge in [-0.15, -0.1) is 0 Å². The summed E-state index contributed by atoms with van der Waals surface area (Å²) in [5.41, 5.74) is 1.60. The van der Waals surface area contributed by atoms with Crippen LogP contribution in [0.5, 0.6) is 5.75 Å². The average molecular weight is 429 g/mol. The monoisotopic (exact) mass is 428 g/mol. The molecule has 4 rings (SSSR count). The molecule has 0 spiro atoms. The molecule has 2 aromatic carbocycles. The van der Waals surface area contributed by atoms with Crippen molar-refractivity contribution in [3.8, 4) is 17.1 Å². The molecule has 7 nitrogen and oxygen atoms in total. The summed E-state index contributed by atoms with van der Waals surface area (Å²) in [4.78, 5) is 34.0. The van der Waals surface area contributed by atoms with Gasteiger partial charge < -0.3 is 19.9 Å². The molecule has 9 heteroatoms. The summed E-state index contributed by atoms with van der Waals surface area (Å²) >= 11 is 5.74. The van der Waals surface area contributed by atoms with Gasteiger partial charge in [-0.25, -0.2) is 14.2 Å². The summed E-state index contributed by atoms with van der Waals surface area (Å²) in [5.74, 6) is 0.480. The lowest BCUT2D eigenvalue weighted by molar-refractivity contribution is 0.205. The van der Waals surface area contributed by atoms with Gasteiger partial charge in [-0.2, -0.15) is 0 Å². The summed E-state index contributed by atoms with van der Waals surface area (Å²) in [6, 6.07) is 10.7. The molecule has 3 aromatic rings. The first-order valence-corrected chi connectivity index (χ1v) is 9.60. The van der Waals surface area contributed by atoms with E-state index in [9.17, 15) is 14.0 Å². The zero-order valence-electron chi connectivity index (χ0n) is 16.0. The lowest BCUT2D eigenvalue weighted by atomic mass is 10.1. The summed E-state index contributed by atoms with van der Waals surface area (Å²) in [5, 5.41) is 2.78. The number of hydrogen-bond acceptors (Lipinski definition) is 4. The van der Waals surface area contributed by atoms with Crippen LogP contribution in [0, 0.1) is 5.82 Å². The highest BCUT2D eigenvalue weighted by Crippen LogP contribution is 2.23. The molecule has 30 heavy (non-hydrogen) atoms. The largest absolute Gasteiger partial charge is 0.497 e. The topological polar surface area (TPSA) is 87.3 Å². The van der Waals surface area contributed by atoms with Crippen LogP contribution in [0.25, 0.3) is 11.4 Å². The van der Waals surface area contributed by atoms with Crippen LogP contribution in [-0.2, 0) is 13.0 Å². The molecular weight excluding hydrogens is 411 g/mol. The number of anilines is 1. The second kappa shape index (κ2) is 8.16. The lowest BCUT2D eigenvalue weighted by Gasteiger charge is -2.28. The molecule has 1 aromatic heterocycles. The molecule has 1 aliphatic heterocycles. The van der Waals surface area contributed by atoms with Gasteiger partial charge >= 0.3 is 6.03 Å². The van der Waals surface area contributed by atoms with Crippen molar-refractivity contribution in [2.75, 3.05) is 19.0 Å². The van der Waals surface area contributed by atoms with Gasteiger partial charge in [0.05, 0.1) is 25.0 Å². The Bertz CT molecular complexity index is 1160. The van der Waals surface area contributed by atoms with Crippen LogP contribution in [0.15, 0.2) is 47.3 Å². The van der Waals surface area contributed by atoms with Gasteiger partial charge in [0, 0.05) is 22.7 Å². The third-order valence-electron chi connectivity index (χ3n) is 4.90. The molecule has 2 N–H and O–H groups in total. The smallest absolute Gasteiger partial charge is 0.322 e. The number of fused-ring (bicyclic) bond motifs is 1. The Morgan fingerprint density at radius 1 is 1.27 bits per heavy atom. The molecule has 2 amide bonds. The zero-order valence-corrected chi connectivity index (χ0v) is 16.8. The van der Waals surface area contributed by atoms with Gasteiger partial charge in [-0.3, -0.25) is 4.79 Å². The Kier molecular flexibility index (Phi) is 5.41. The van der Waals surface area contributed by atoms with E-state index in [1.165, 1.54) is 17.0 Å². The number of amides is 2. The number of carbonyl (C=O) groups excluding carboxylic acids is 1. The number of nitrogens with zero attached hydrogens (tertiary/aromatic N) is 2. The minimum Gasteiger partial charge on any atom is -0.497 e. The molecule has 1 aliphatic rings. The number of benzene rings is 2. The van der Waals surface area contributed by atoms with Gasteiger partial charge in [0.2, 0.25) is 0 Å². The SMILES string of the molecule is COc1ccc(-c2nc3c(c(=O)[nH]2)CCN(C(=O)Nc2ccc(Cl)cc2F)C3)cc1. The normalized spacial score (nSPS) is 13.0. The molecule has 0 radical (unpaired) electrons. The molecule has 0 atom stereocenters. The molecule has 2 heterocycles. The second-order valence-electron chi connectivity index (χ2n) is 6.79. The molecule has 0 saturated carbocycles. The van der Waals surface area contributed by atoms with Gasteiger partial charge in [-0.05, 0) is 48.9 Å². The number of aromatic amines is 1. The number of H-pyrrole nitrogens is 1. The average Bonchev–Trinajstić information content (AvgIpc) is 2.75. The maximum Gasteiger partial charge on any atom is 0.322 e. The third-order valence-corrected chi connectivity index (χ3v) is 5.13. The van der Waals surface area contributed by atoms with Crippen molar-refractivity contribution in [1.29, 1.82) is 0 Å². The van der Waals surface area contributed by atoms with Crippen LogP contribution in [-0.4, -0.2) is 34.6 Å². The van der Waals surface area contributed by atoms with E-state index in [1.807, 2.05) is 0 Å². The van der Waals surface area contributed by atoms with Crippen LogP contribution in [0.1, 0.15) is 11.3 Å². The molecule has 0 saturated heterocycles. The third kappa shape index (κ3) is 3.99. The first kappa shape index (κ1) is 19.9. The number of halogens is 2. The summed E-state index contributed by atoms with van der Waals surface area (Å²) in [7, 11) is 1.57. The van der Waals surface area contributed by atoms with E-state index in [0.717, 1.165) is 11.6 Å². The summed E-state index contributed by atoms with van der Waals surface area (Å²) in [6.07, 6.45) is 0.358. The standard InChI is InChI=1S/C21H18ClFN4O3/c1-30-14-5-2-12(3-6-14)19-24-18-11-27(9-8-15(18)20(28)26-19)21(29)25-17-7-4-13(22)10-16(17)23/h2-7,10H,8-9,11H2,1H3,(H,25,29)(H,24,26,28). The predicted octanol–water partition coefficient (Wildman–Crippen LogP) is 3.83. The lowest BCUT2D eigenvalue weighted by Crippen LogP contribution is -2.41. The Morgan fingerprint density at radius 2 is 2.03 bits per heavy atom. The van der Waals surface area contributed by atoms with Gasteiger partial charge in [0.1, 0.15) is 17.4 Å². The van der Waals surface area contributed by atoms with E-state index < -0.39 is 11.8 Å². The van der Waals surface area contributed by atoms with Crippen LogP contribution in [0.2, 0.25) is 5.02 Å². The highest BCUT2D eigenvalue weighted by molar-refractivity contribution is 6.30. The highest BCUT2D eigenvalue weighted by Gasteiger charge is 2.25. The fourth-order valence-electron chi connectivity index (χ4n) is 3.28. The number of aromatic nitrogens is 2. The molecule has 0 unspecified atom stereocenters. The van der Waals surface area contributed by atoms with Gasteiger partial charge in [-0.1, -0.05) is 11.6 Å². The Hall–Kier alpha value is -3.39. The number of methoxy groups -OCH3 is 1. The Labute approximate surface area is 176 Å². The number of hydrogen-bond donors (Lipinski definition) is 2. The number of ether oxygens (including phenoxy) is 1. The van der Waals surface area contributed by atoms with E-state index in [4.69, 9.17) is 16.3 Å². The molecule has 0 fully saturated rings. The predicted molar refractivity (Wildman–Crippen MR) is 111 cm³/mol. The fourth-order valence-corrected chi connectivity index (χ4v) is 3.44. The van der Waals surface area contributed by atoms with Crippen molar-refractivity contribution in [3.05, 3.63) is 74.9 Å². The minimum atomic E-state index is -0.621. The van der Waals surface area contributed by atoms with Crippen LogP contribution in [0.3, 0.4) is 0 Å². The molecule has 0 aliphatic carbocycles. The number of rotatable bonds is 3. The van der Waals surface area contributed by atoms with Crippen LogP contribution >= 0.6 is 11.6 Å². The molecular formula is C21H18ClFN4O3. The van der Waals surface area contributed by atoms with Gasteiger partial charge in [0.25, 0.3) is 5.56 Å². The first-order valence-electron chi connectivity index (χ1n) is 9.22. The van der Waals surface area contributed by atoms with E-state index in [2.05, 4.69) is 15.3 Å². The van der Waals surface area contributed by atoms with E-state index in [1.54, 1.807) is 31.4 Å². The minimum absolute atomic E-state index is 0.0352. The quantitative estimate of drug-likeness (QED) is 0.663. The number of urea groups is 1. The van der Waals surface area contributed by atoms with E-state index in [-0.39, 0.29) is 22.8 Å². The summed E-state index contributed by atoms with van der Waals surface area (Å²) in [6.45, 7) is 0.462. The first-order chi connectivity index (χ1) is 14.4. The maximum atomic E-state index is 14.0. The second-order valence-corrected chi connectivity index (χ2v) is 7.23. The van der Waals surface area contributed by atoms with Gasteiger partial charge in [0.15, 0.2) is 0 Å². The van der Waals surface area contributed by atoms with E-state index >= 15 is 0 Å². The van der Waals surface area contributed by atoms with E-state index in [0.29, 0.717) is 35.8 Å². The van der Waals surface area contributed by atoms with Crippen LogP contribution in [0.4, 0.5) is 14.9 Å². The maximum absolute atomic E-state index is 14.0. The van der Waals surface area contributed by atoms with Crippen molar-refractivity contribution >= 4 is 23.3 Å². The fraction of sp³-hybridized carbons (Fsp3) is 0.190. The van der Waals surface area contributed by atoms with Crippen LogP contribution < -0.4 is 15.6 Å². The van der Waals surface area contributed by atoms with Crippen molar-refractivity contribution in [3.63, 3.8) is 0 Å². The van der Waals surface area contributed by atoms with Crippen molar-refractivity contribution in [2.45, 2.75) is 13.0 Å². The number of carbonyl (C=O) groups is 1. The van der Waals surface area contributed by atoms with Crippen molar-refractivity contribution < 1.29 is 13.9 Å². The molecule has 154 valence electrons. The molecule has 0 bridgehead atoms. The summed E-state index contributed by atoms with van der Waals surface area (Å²) < 4.78 is 19.1. The highest BCUT2D eigenvalue weighted by atomic mass is 35.5. The van der Waals surface area contributed by atoms with Crippen molar-refractivity contribution in [1.82, 2.24) is 14.9 Å². The van der Waals surface area contributed by atoms with Crippen molar-refractivity contribution in [2.24, 2.45) is 0 Å². The number of nitrogens with one attached hydrogen (secondary N) is 2.